The maximum absolute atomic E-state index is 12.2. The molecule has 0 bridgehead atoms. The van der Waals surface area contributed by atoms with Crippen LogP contribution in [0.3, 0.4) is 0 Å². The van der Waals surface area contributed by atoms with Crippen LogP contribution in [0.15, 0.2) is 23.1 Å². The number of carbonyl (C=O) groups is 2. The fraction of sp³-hybridized carbons (Fsp3) is 0.529. The summed E-state index contributed by atoms with van der Waals surface area (Å²) in [6, 6.07) is 4.91. The van der Waals surface area contributed by atoms with Crippen molar-refractivity contribution >= 4 is 21.9 Å². The normalized spacial score (nSPS) is 12.5. The number of hydrogen-bond acceptors (Lipinski definition) is 5. The molecule has 0 aliphatic rings. The molecule has 1 aromatic carbocycles. The Bertz CT molecular complexity index is 716. The maximum Gasteiger partial charge on any atom is 0.306 e. The van der Waals surface area contributed by atoms with Crippen molar-refractivity contribution in [2.24, 2.45) is 0 Å². The summed E-state index contributed by atoms with van der Waals surface area (Å²) in [4.78, 5) is 23.3. The Labute approximate surface area is 149 Å². The number of likely N-dealkylation sites (N-methyl/N-ethyl adjacent to an activating group) is 1. The highest BCUT2D eigenvalue weighted by Gasteiger charge is 2.17. The van der Waals surface area contributed by atoms with Gasteiger partial charge in [-0.2, -0.15) is 0 Å². The summed E-state index contributed by atoms with van der Waals surface area (Å²) in [6.45, 7) is 7.59. The summed E-state index contributed by atoms with van der Waals surface area (Å²) in [6.07, 6.45) is -0.552. The number of carbonyl (C=O) groups excluding carboxylic acids is 2. The lowest BCUT2D eigenvalue weighted by Crippen LogP contribution is -2.35. The minimum absolute atomic E-state index is 0.0270. The highest BCUT2D eigenvalue weighted by Crippen LogP contribution is 2.14. The molecule has 0 saturated carbocycles. The third kappa shape index (κ3) is 6.83. The zero-order valence-corrected chi connectivity index (χ0v) is 15.9. The van der Waals surface area contributed by atoms with Gasteiger partial charge >= 0.3 is 5.97 Å². The lowest BCUT2D eigenvalue weighted by Gasteiger charge is -2.12. The van der Waals surface area contributed by atoms with Gasteiger partial charge in [0.25, 0.3) is 5.91 Å². The monoisotopic (exact) mass is 370 g/mol. The lowest BCUT2D eigenvalue weighted by molar-refractivity contribution is -0.154. The first-order valence-electron chi connectivity index (χ1n) is 8.21. The summed E-state index contributed by atoms with van der Waals surface area (Å²) in [5.41, 5.74) is 1.91. The molecule has 0 fully saturated rings. The molecule has 0 unspecified atom stereocenters. The fourth-order valence-corrected chi connectivity index (χ4v) is 3.19. The topological polar surface area (TPSA) is 102 Å². The number of amides is 1. The third-order valence-corrected chi connectivity index (χ3v) is 5.13. The van der Waals surface area contributed by atoms with E-state index in [2.05, 4.69) is 10.0 Å². The highest BCUT2D eigenvalue weighted by molar-refractivity contribution is 7.89. The van der Waals surface area contributed by atoms with Crippen LogP contribution in [0.1, 0.15) is 37.8 Å². The zero-order valence-electron chi connectivity index (χ0n) is 15.1. The second-order valence-electron chi connectivity index (χ2n) is 5.77. The lowest BCUT2D eigenvalue weighted by atomic mass is 10.1. The standard InChI is InChI=1S/C17H26N2O5S/c1-5-18-17(21)14(4)24-16(20)7-6-10-19-25(22,23)15-9-8-12(2)13(3)11-15/h8-9,11,14,19H,5-7,10H2,1-4H3,(H,18,21)/t14-/m1/s1. The van der Waals surface area contributed by atoms with Gasteiger partial charge in [0.1, 0.15) is 0 Å². The number of esters is 1. The van der Waals surface area contributed by atoms with Crippen molar-refractivity contribution in [2.45, 2.75) is 51.5 Å². The van der Waals surface area contributed by atoms with Crippen molar-refractivity contribution in [3.05, 3.63) is 29.3 Å². The summed E-state index contributed by atoms with van der Waals surface area (Å²) < 4.78 is 31.8. The summed E-state index contributed by atoms with van der Waals surface area (Å²) in [7, 11) is -3.61. The van der Waals surface area contributed by atoms with Crippen LogP contribution in [0.4, 0.5) is 0 Å². The molecule has 1 rings (SSSR count). The van der Waals surface area contributed by atoms with E-state index in [1.54, 1.807) is 25.1 Å². The first kappa shape index (κ1) is 21.1. The number of benzene rings is 1. The Morgan fingerprint density at radius 3 is 2.48 bits per heavy atom. The molecule has 1 aromatic rings. The first-order chi connectivity index (χ1) is 11.7. The predicted molar refractivity (Wildman–Crippen MR) is 94.6 cm³/mol. The van der Waals surface area contributed by atoms with E-state index in [1.807, 2.05) is 13.8 Å². The average molecular weight is 370 g/mol. The van der Waals surface area contributed by atoms with Gasteiger partial charge in [-0.25, -0.2) is 13.1 Å². The van der Waals surface area contributed by atoms with E-state index in [-0.39, 0.29) is 30.2 Å². The number of sulfonamides is 1. The van der Waals surface area contributed by atoms with E-state index in [9.17, 15) is 18.0 Å². The summed E-state index contributed by atoms with van der Waals surface area (Å²) in [5, 5.41) is 2.56. The van der Waals surface area contributed by atoms with Gasteiger partial charge in [0.05, 0.1) is 4.90 Å². The highest BCUT2D eigenvalue weighted by atomic mass is 32.2. The molecule has 0 heterocycles. The Morgan fingerprint density at radius 2 is 1.88 bits per heavy atom. The van der Waals surface area contributed by atoms with Crippen LogP contribution in [0.25, 0.3) is 0 Å². The van der Waals surface area contributed by atoms with Crippen molar-refractivity contribution in [2.75, 3.05) is 13.1 Å². The van der Waals surface area contributed by atoms with E-state index in [0.717, 1.165) is 11.1 Å². The number of ether oxygens (including phenoxy) is 1. The summed E-state index contributed by atoms with van der Waals surface area (Å²) >= 11 is 0. The molecule has 1 amide bonds. The van der Waals surface area contributed by atoms with Crippen molar-refractivity contribution in [1.29, 1.82) is 0 Å². The molecule has 0 aliphatic heterocycles. The molecule has 1 atom stereocenters. The van der Waals surface area contributed by atoms with E-state index < -0.39 is 22.1 Å². The molecule has 2 N–H and O–H groups in total. The van der Waals surface area contributed by atoms with Crippen LogP contribution >= 0.6 is 0 Å². The quantitative estimate of drug-likeness (QED) is 0.506. The average Bonchev–Trinajstić information content (AvgIpc) is 2.54. The zero-order chi connectivity index (χ0) is 19.0. The molecule has 0 aromatic heterocycles. The van der Waals surface area contributed by atoms with E-state index in [4.69, 9.17) is 4.74 Å². The Kier molecular flexibility index (Phi) is 8.05. The van der Waals surface area contributed by atoms with Crippen LogP contribution in [0.5, 0.6) is 0 Å². The number of rotatable bonds is 9. The molecule has 0 radical (unpaired) electrons. The number of aryl methyl sites for hydroxylation is 2. The van der Waals surface area contributed by atoms with Crippen LogP contribution in [-0.4, -0.2) is 39.5 Å². The minimum atomic E-state index is -3.61. The number of nitrogens with one attached hydrogen (secondary N) is 2. The van der Waals surface area contributed by atoms with E-state index >= 15 is 0 Å². The number of hydrogen-bond donors (Lipinski definition) is 2. The Balaban J connectivity index is 2.42. The van der Waals surface area contributed by atoms with Gasteiger partial charge in [0.15, 0.2) is 6.10 Å². The van der Waals surface area contributed by atoms with E-state index in [1.165, 1.54) is 6.92 Å². The second kappa shape index (κ2) is 9.53. The molecule has 0 aliphatic carbocycles. The van der Waals surface area contributed by atoms with Crippen molar-refractivity contribution < 1.29 is 22.7 Å². The van der Waals surface area contributed by atoms with Gasteiger partial charge < -0.3 is 10.1 Å². The van der Waals surface area contributed by atoms with Crippen LogP contribution in [0, 0.1) is 13.8 Å². The van der Waals surface area contributed by atoms with Gasteiger partial charge in [-0.15, -0.1) is 0 Å². The van der Waals surface area contributed by atoms with Crippen LogP contribution < -0.4 is 10.0 Å². The Hall–Kier alpha value is -1.93. The Morgan fingerprint density at radius 1 is 1.20 bits per heavy atom. The fourth-order valence-electron chi connectivity index (χ4n) is 2.03. The molecule has 25 heavy (non-hydrogen) atoms. The molecule has 0 saturated heterocycles. The van der Waals surface area contributed by atoms with Gasteiger partial charge in [-0.05, 0) is 57.4 Å². The van der Waals surface area contributed by atoms with Crippen molar-refractivity contribution in [1.82, 2.24) is 10.0 Å². The van der Waals surface area contributed by atoms with Crippen LogP contribution in [-0.2, 0) is 24.3 Å². The van der Waals surface area contributed by atoms with Gasteiger partial charge in [0, 0.05) is 19.5 Å². The van der Waals surface area contributed by atoms with Crippen LogP contribution in [0.2, 0.25) is 0 Å². The largest absolute Gasteiger partial charge is 0.453 e. The van der Waals surface area contributed by atoms with Gasteiger partial charge in [-0.3, -0.25) is 9.59 Å². The molecule has 8 heteroatoms. The minimum Gasteiger partial charge on any atom is -0.453 e. The second-order valence-corrected chi connectivity index (χ2v) is 7.54. The molecule has 140 valence electrons. The first-order valence-corrected chi connectivity index (χ1v) is 9.69. The maximum atomic E-state index is 12.2. The summed E-state index contributed by atoms with van der Waals surface area (Å²) in [5.74, 6) is -0.893. The SMILES string of the molecule is CCNC(=O)[C@@H](C)OC(=O)CCCNS(=O)(=O)c1ccc(C)c(C)c1. The molecule has 0 spiro atoms. The molecule has 7 nitrogen and oxygen atoms in total. The predicted octanol–water partition coefficient (Wildman–Crippen LogP) is 1.43. The van der Waals surface area contributed by atoms with Crippen molar-refractivity contribution in [3.8, 4) is 0 Å². The van der Waals surface area contributed by atoms with E-state index in [0.29, 0.717) is 6.54 Å². The van der Waals surface area contributed by atoms with Gasteiger partial charge in [0.2, 0.25) is 10.0 Å². The molecular formula is C17H26N2O5S. The third-order valence-electron chi connectivity index (χ3n) is 3.67. The molecular weight excluding hydrogens is 344 g/mol. The van der Waals surface area contributed by atoms with Gasteiger partial charge in [-0.1, -0.05) is 6.07 Å². The van der Waals surface area contributed by atoms with Crippen molar-refractivity contribution in [3.63, 3.8) is 0 Å². The smallest absolute Gasteiger partial charge is 0.306 e.